The van der Waals surface area contributed by atoms with Gasteiger partial charge in [0.25, 0.3) is 0 Å². The second kappa shape index (κ2) is 2.46. The van der Waals surface area contributed by atoms with Crippen LogP contribution in [0.25, 0.3) is 0 Å². The number of hydrogen-bond acceptors (Lipinski definition) is 2. The first kappa shape index (κ1) is 7.34. The molecular formula is C10H18N2. The summed E-state index contributed by atoms with van der Waals surface area (Å²) in [5.74, 6) is 2.03. The molecule has 2 N–H and O–H groups in total. The maximum absolute atomic E-state index is 3.67. The predicted molar refractivity (Wildman–Crippen MR) is 48.8 cm³/mol. The van der Waals surface area contributed by atoms with Crippen molar-refractivity contribution in [3.8, 4) is 0 Å². The molecule has 2 nitrogen and oxygen atoms in total. The normalized spacial score (nSPS) is 57.2. The van der Waals surface area contributed by atoms with E-state index in [1.807, 2.05) is 0 Å². The smallest absolute Gasteiger partial charge is 0.0546 e. The maximum atomic E-state index is 3.67. The van der Waals surface area contributed by atoms with Gasteiger partial charge in [0.2, 0.25) is 0 Å². The molecule has 2 saturated carbocycles. The molecule has 3 rings (SSSR count). The fourth-order valence-corrected chi connectivity index (χ4v) is 3.18. The molecule has 0 aromatic rings. The highest BCUT2D eigenvalue weighted by molar-refractivity contribution is 5.03. The molecule has 3 aliphatic rings. The second-order valence-corrected chi connectivity index (χ2v) is 4.75. The van der Waals surface area contributed by atoms with Crippen molar-refractivity contribution in [1.82, 2.24) is 10.6 Å². The highest BCUT2D eigenvalue weighted by Crippen LogP contribution is 2.45. The van der Waals surface area contributed by atoms with Crippen LogP contribution in [0, 0.1) is 11.8 Å². The molecule has 1 aliphatic heterocycles. The van der Waals surface area contributed by atoms with E-state index in [1.54, 1.807) is 0 Å². The van der Waals surface area contributed by atoms with Gasteiger partial charge in [0.05, 0.1) is 6.17 Å². The SMILES string of the molecule is CC1NC2CC[C@H]2[C@H]2CCC2N1. The maximum Gasteiger partial charge on any atom is 0.0546 e. The molecule has 5 atom stereocenters. The van der Waals surface area contributed by atoms with Crippen LogP contribution in [0.5, 0.6) is 0 Å². The Bertz CT molecular complexity index is 172. The van der Waals surface area contributed by atoms with Crippen molar-refractivity contribution in [3.05, 3.63) is 0 Å². The highest BCUT2D eigenvalue weighted by Gasteiger charge is 2.47. The molecule has 3 unspecified atom stereocenters. The van der Waals surface area contributed by atoms with Crippen LogP contribution in [0.1, 0.15) is 32.6 Å². The summed E-state index contributed by atoms with van der Waals surface area (Å²) in [5.41, 5.74) is 0. The summed E-state index contributed by atoms with van der Waals surface area (Å²) in [7, 11) is 0. The molecule has 0 spiro atoms. The zero-order valence-electron chi connectivity index (χ0n) is 7.72. The van der Waals surface area contributed by atoms with Crippen molar-refractivity contribution in [3.63, 3.8) is 0 Å². The Hall–Kier alpha value is -0.0800. The van der Waals surface area contributed by atoms with Gasteiger partial charge < -0.3 is 0 Å². The number of rotatable bonds is 0. The zero-order valence-corrected chi connectivity index (χ0v) is 7.72. The van der Waals surface area contributed by atoms with Gasteiger partial charge in [-0.1, -0.05) is 0 Å². The van der Waals surface area contributed by atoms with E-state index >= 15 is 0 Å². The molecule has 0 bridgehead atoms. The van der Waals surface area contributed by atoms with Gasteiger partial charge >= 0.3 is 0 Å². The fourth-order valence-electron chi connectivity index (χ4n) is 3.18. The topological polar surface area (TPSA) is 24.1 Å². The summed E-state index contributed by atoms with van der Waals surface area (Å²) in [4.78, 5) is 0. The van der Waals surface area contributed by atoms with Crippen molar-refractivity contribution in [2.75, 3.05) is 0 Å². The van der Waals surface area contributed by atoms with Gasteiger partial charge in [0.15, 0.2) is 0 Å². The van der Waals surface area contributed by atoms with Gasteiger partial charge in [-0.25, -0.2) is 0 Å². The molecule has 0 aromatic carbocycles. The van der Waals surface area contributed by atoms with E-state index in [-0.39, 0.29) is 0 Å². The lowest BCUT2D eigenvalue weighted by atomic mass is 9.62. The minimum atomic E-state index is 0.549. The summed E-state index contributed by atoms with van der Waals surface area (Å²) in [6.45, 7) is 2.26. The van der Waals surface area contributed by atoms with E-state index in [1.165, 1.54) is 25.7 Å². The van der Waals surface area contributed by atoms with Gasteiger partial charge in [0.1, 0.15) is 0 Å². The summed E-state index contributed by atoms with van der Waals surface area (Å²) >= 11 is 0. The average Bonchev–Trinajstić information content (AvgIpc) is 2.05. The molecule has 0 radical (unpaired) electrons. The van der Waals surface area contributed by atoms with Crippen LogP contribution >= 0.6 is 0 Å². The van der Waals surface area contributed by atoms with Gasteiger partial charge in [-0.2, -0.15) is 0 Å². The highest BCUT2D eigenvalue weighted by atomic mass is 15.2. The minimum Gasteiger partial charge on any atom is -0.299 e. The van der Waals surface area contributed by atoms with Gasteiger partial charge in [-0.05, 0) is 44.4 Å². The van der Waals surface area contributed by atoms with Crippen molar-refractivity contribution >= 4 is 0 Å². The average molecular weight is 166 g/mol. The van der Waals surface area contributed by atoms with E-state index in [4.69, 9.17) is 0 Å². The molecule has 1 heterocycles. The standard InChI is InChI=1S/C10H18N2/c1-6-11-9-4-2-7(9)8-3-5-10(8)12-6/h6-12H,2-5H2,1H3/t6?,7-,8+,9?,10?. The number of fused-ring (bicyclic) bond motifs is 3. The zero-order chi connectivity index (χ0) is 8.13. The Morgan fingerprint density at radius 3 is 1.67 bits per heavy atom. The first-order valence-corrected chi connectivity index (χ1v) is 5.37. The molecule has 1 saturated heterocycles. The molecule has 0 aromatic heterocycles. The van der Waals surface area contributed by atoms with Crippen LogP contribution in [0.2, 0.25) is 0 Å². The monoisotopic (exact) mass is 166 g/mol. The first-order valence-electron chi connectivity index (χ1n) is 5.37. The molecule has 0 amide bonds. The largest absolute Gasteiger partial charge is 0.299 e. The Morgan fingerprint density at radius 1 is 0.833 bits per heavy atom. The Balaban J connectivity index is 1.78. The van der Waals surface area contributed by atoms with E-state index in [9.17, 15) is 0 Å². The van der Waals surface area contributed by atoms with Gasteiger partial charge in [0, 0.05) is 12.1 Å². The van der Waals surface area contributed by atoms with Crippen LogP contribution in [-0.2, 0) is 0 Å². The van der Waals surface area contributed by atoms with Crippen molar-refractivity contribution in [2.24, 2.45) is 11.8 Å². The summed E-state index contributed by atoms with van der Waals surface area (Å²) < 4.78 is 0. The lowest BCUT2D eigenvalue weighted by molar-refractivity contribution is 0.0766. The van der Waals surface area contributed by atoms with Crippen molar-refractivity contribution in [1.29, 1.82) is 0 Å². The van der Waals surface area contributed by atoms with Gasteiger partial charge in [-0.3, -0.25) is 10.6 Å². The molecular weight excluding hydrogens is 148 g/mol. The first-order chi connectivity index (χ1) is 5.84. The molecule has 68 valence electrons. The molecule has 2 aliphatic carbocycles. The number of hydrogen-bond donors (Lipinski definition) is 2. The number of nitrogens with one attached hydrogen (secondary N) is 2. The third-order valence-corrected chi connectivity index (χ3v) is 4.13. The summed E-state index contributed by atoms with van der Waals surface area (Å²) in [6, 6.07) is 1.70. The second-order valence-electron chi connectivity index (χ2n) is 4.75. The third-order valence-electron chi connectivity index (χ3n) is 4.13. The molecule has 3 fully saturated rings. The lowest BCUT2D eigenvalue weighted by Gasteiger charge is -2.47. The van der Waals surface area contributed by atoms with Crippen LogP contribution in [-0.4, -0.2) is 18.2 Å². The summed E-state index contributed by atoms with van der Waals surface area (Å²) in [5, 5.41) is 7.34. The predicted octanol–water partition coefficient (Wildman–Crippen LogP) is 1.08. The van der Waals surface area contributed by atoms with E-state index < -0.39 is 0 Å². The third kappa shape index (κ3) is 0.882. The van der Waals surface area contributed by atoms with Crippen LogP contribution < -0.4 is 10.6 Å². The Labute approximate surface area is 74.1 Å². The van der Waals surface area contributed by atoms with E-state index in [0.29, 0.717) is 6.17 Å². The fraction of sp³-hybridized carbons (Fsp3) is 1.00. The van der Waals surface area contributed by atoms with E-state index in [0.717, 1.165) is 23.9 Å². The van der Waals surface area contributed by atoms with Crippen LogP contribution in [0.4, 0.5) is 0 Å². The Kier molecular flexibility index (Phi) is 1.50. The lowest BCUT2D eigenvalue weighted by Crippen LogP contribution is -2.50. The van der Waals surface area contributed by atoms with Gasteiger partial charge in [-0.15, -0.1) is 0 Å². The van der Waals surface area contributed by atoms with E-state index in [2.05, 4.69) is 17.6 Å². The molecule has 2 heteroatoms. The van der Waals surface area contributed by atoms with Crippen molar-refractivity contribution < 1.29 is 0 Å². The van der Waals surface area contributed by atoms with Crippen molar-refractivity contribution in [2.45, 2.75) is 50.9 Å². The molecule has 12 heavy (non-hydrogen) atoms. The Morgan fingerprint density at radius 2 is 1.33 bits per heavy atom. The minimum absolute atomic E-state index is 0.549. The van der Waals surface area contributed by atoms with Crippen LogP contribution in [0.3, 0.4) is 0 Å². The van der Waals surface area contributed by atoms with Crippen LogP contribution in [0.15, 0.2) is 0 Å². The quantitative estimate of drug-likeness (QED) is 0.563. The summed E-state index contributed by atoms with van der Waals surface area (Å²) in [6.07, 6.45) is 6.34.